The number of allylic oxidation sites excluding steroid dienone is 2. The van der Waals surface area contributed by atoms with Crippen molar-refractivity contribution in [3.8, 4) is 0 Å². The normalized spacial score (nSPS) is 14.2. The van der Waals surface area contributed by atoms with Crippen molar-refractivity contribution in [2.75, 3.05) is 86.0 Å². The summed E-state index contributed by atoms with van der Waals surface area (Å²) < 4.78 is 16.7. The number of aliphatic imine (C=N–C) groups is 2. The van der Waals surface area contributed by atoms with Gasteiger partial charge >= 0.3 is 0 Å². The Morgan fingerprint density at radius 2 is 1.81 bits per heavy atom. The lowest BCUT2D eigenvalue weighted by molar-refractivity contribution is 0.0119. The van der Waals surface area contributed by atoms with E-state index in [1.54, 1.807) is 6.08 Å². The molecule has 0 saturated carbocycles. The summed E-state index contributed by atoms with van der Waals surface area (Å²) in [7, 11) is 1.84. The summed E-state index contributed by atoms with van der Waals surface area (Å²) in [6.07, 6.45) is 13.0. The lowest BCUT2D eigenvalue weighted by Gasteiger charge is -2.28. The predicted octanol–water partition coefficient (Wildman–Crippen LogP) is 3.47. The zero-order valence-corrected chi connectivity index (χ0v) is 22.8. The summed E-state index contributed by atoms with van der Waals surface area (Å²) in [6, 6.07) is 6.05. The van der Waals surface area contributed by atoms with Crippen molar-refractivity contribution >= 4 is 11.4 Å². The lowest BCUT2D eigenvalue weighted by atomic mass is 10.2. The van der Waals surface area contributed by atoms with Crippen molar-refractivity contribution in [1.29, 1.82) is 0 Å². The van der Waals surface area contributed by atoms with Crippen LogP contribution in [0.5, 0.6) is 0 Å². The largest absolute Gasteiger partial charge is 0.379 e. The van der Waals surface area contributed by atoms with E-state index in [4.69, 9.17) is 19.2 Å². The number of nitrogens with zero attached hydrogens (tertiary/aromatic N) is 5. The van der Waals surface area contributed by atoms with E-state index in [0.29, 0.717) is 39.6 Å². The van der Waals surface area contributed by atoms with Crippen LogP contribution in [0.1, 0.15) is 19.0 Å². The average molecular weight is 512 g/mol. The topological polar surface area (TPSA) is 71.8 Å². The SMILES string of the molecule is C=C/C=C\C(CN(CCN(CCOCCOCCOCC)Cc1ccccn1)CC1=NCCC=C1)=NC. The lowest BCUT2D eigenvalue weighted by Crippen LogP contribution is -2.41. The van der Waals surface area contributed by atoms with Gasteiger partial charge in [-0.05, 0) is 37.6 Å². The molecule has 0 aliphatic carbocycles. The van der Waals surface area contributed by atoms with Gasteiger partial charge in [0.15, 0.2) is 0 Å². The molecule has 37 heavy (non-hydrogen) atoms. The number of hydrogen-bond acceptors (Lipinski definition) is 8. The fraction of sp³-hybridized carbons (Fsp3) is 0.552. The molecule has 1 aromatic rings. The molecule has 1 aromatic heterocycles. The van der Waals surface area contributed by atoms with Crippen LogP contribution in [0, 0.1) is 0 Å². The van der Waals surface area contributed by atoms with Crippen LogP contribution in [0.25, 0.3) is 0 Å². The van der Waals surface area contributed by atoms with Crippen LogP contribution < -0.4 is 0 Å². The molecule has 2 heterocycles. The molecule has 1 aliphatic rings. The van der Waals surface area contributed by atoms with E-state index in [1.165, 1.54) is 0 Å². The van der Waals surface area contributed by atoms with Gasteiger partial charge in [0.25, 0.3) is 0 Å². The highest BCUT2D eigenvalue weighted by molar-refractivity contribution is 5.99. The minimum absolute atomic E-state index is 0.577. The van der Waals surface area contributed by atoms with Gasteiger partial charge in [0.05, 0.1) is 38.7 Å². The number of aromatic nitrogens is 1. The summed E-state index contributed by atoms with van der Waals surface area (Å²) in [5, 5.41) is 0. The molecule has 8 heteroatoms. The molecule has 8 nitrogen and oxygen atoms in total. The first-order valence-corrected chi connectivity index (χ1v) is 13.3. The first-order valence-electron chi connectivity index (χ1n) is 13.3. The van der Waals surface area contributed by atoms with Crippen molar-refractivity contribution in [3.05, 3.63) is 67.0 Å². The van der Waals surface area contributed by atoms with E-state index >= 15 is 0 Å². The van der Waals surface area contributed by atoms with Crippen LogP contribution in [0.4, 0.5) is 0 Å². The Balaban J connectivity index is 1.93. The van der Waals surface area contributed by atoms with Crippen LogP contribution in [-0.2, 0) is 20.8 Å². The highest BCUT2D eigenvalue weighted by Gasteiger charge is 2.14. The van der Waals surface area contributed by atoms with E-state index in [2.05, 4.69) is 44.6 Å². The fourth-order valence-corrected chi connectivity index (χ4v) is 3.76. The molecule has 0 spiro atoms. The molecule has 0 bridgehead atoms. The second-order valence-electron chi connectivity index (χ2n) is 8.60. The summed E-state index contributed by atoms with van der Waals surface area (Å²) in [4.78, 5) is 18.5. The summed E-state index contributed by atoms with van der Waals surface area (Å²) in [6.45, 7) is 15.3. The third-order valence-corrected chi connectivity index (χ3v) is 5.75. The van der Waals surface area contributed by atoms with Gasteiger partial charge in [-0.1, -0.05) is 30.9 Å². The van der Waals surface area contributed by atoms with E-state index in [-0.39, 0.29) is 0 Å². The number of rotatable bonds is 21. The molecule has 0 aromatic carbocycles. The van der Waals surface area contributed by atoms with Crippen molar-refractivity contribution in [2.45, 2.75) is 19.9 Å². The number of hydrogen-bond donors (Lipinski definition) is 0. The molecule has 2 rings (SSSR count). The van der Waals surface area contributed by atoms with Crippen molar-refractivity contribution in [3.63, 3.8) is 0 Å². The van der Waals surface area contributed by atoms with E-state index in [0.717, 1.165) is 69.4 Å². The first-order chi connectivity index (χ1) is 18.2. The molecule has 0 unspecified atom stereocenters. The summed E-state index contributed by atoms with van der Waals surface area (Å²) >= 11 is 0. The first kappa shape index (κ1) is 30.7. The van der Waals surface area contributed by atoms with Gasteiger partial charge in [-0.2, -0.15) is 0 Å². The highest BCUT2D eigenvalue weighted by atomic mass is 16.5. The van der Waals surface area contributed by atoms with Crippen molar-refractivity contribution in [1.82, 2.24) is 14.8 Å². The van der Waals surface area contributed by atoms with Crippen LogP contribution in [0.2, 0.25) is 0 Å². The molecular weight excluding hydrogens is 466 g/mol. The van der Waals surface area contributed by atoms with E-state index in [9.17, 15) is 0 Å². The quantitative estimate of drug-likeness (QED) is 0.143. The molecule has 0 saturated heterocycles. The zero-order valence-electron chi connectivity index (χ0n) is 22.8. The standard InChI is InChI=1S/C29H45N5O3/c1-4-6-11-27(30-3)24-34(26-29-13-8-10-15-32-29)17-16-33(25-28-12-7-9-14-31-28)18-19-36-22-23-37-21-20-35-5-2/h4,6-9,11-14H,1,5,10,15-26H2,2-3H3/b11-6-,30-27?. The Labute approximate surface area is 223 Å². The Bertz CT molecular complexity index is 854. The molecule has 1 aliphatic heterocycles. The molecular formula is C29H45N5O3. The van der Waals surface area contributed by atoms with Gasteiger partial charge in [-0.15, -0.1) is 0 Å². The van der Waals surface area contributed by atoms with Crippen molar-refractivity contribution < 1.29 is 14.2 Å². The smallest absolute Gasteiger partial charge is 0.0701 e. The van der Waals surface area contributed by atoms with Crippen LogP contribution in [0.3, 0.4) is 0 Å². The Hall–Kier alpha value is -2.49. The molecule has 0 fully saturated rings. The van der Waals surface area contributed by atoms with E-state index < -0.39 is 0 Å². The van der Waals surface area contributed by atoms with Crippen LogP contribution in [-0.4, -0.2) is 112 Å². The summed E-state index contributed by atoms with van der Waals surface area (Å²) in [5.74, 6) is 0. The maximum atomic E-state index is 5.86. The third-order valence-electron chi connectivity index (χ3n) is 5.75. The van der Waals surface area contributed by atoms with Crippen molar-refractivity contribution in [2.24, 2.45) is 9.98 Å². The number of pyridine rings is 1. The van der Waals surface area contributed by atoms with Crippen LogP contribution in [0.15, 0.2) is 71.3 Å². The van der Waals surface area contributed by atoms with Gasteiger partial charge in [0.1, 0.15) is 0 Å². The monoisotopic (exact) mass is 511 g/mol. The molecule has 0 N–H and O–H groups in total. The molecule has 0 atom stereocenters. The third kappa shape index (κ3) is 14.7. The zero-order chi connectivity index (χ0) is 26.4. The number of ether oxygens (including phenoxy) is 3. The van der Waals surface area contributed by atoms with Gasteiger partial charge in [-0.25, -0.2) is 0 Å². The predicted molar refractivity (Wildman–Crippen MR) is 153 cm³/mol. The molecule has 204 valence electrons. The second-order valence-corrected chi connectivity index (χ2v) is 8.60. The minimum Gasteiger partial charge on any atom is -0.379 e. The maximum Gasteiger partial charge on any atom is 0.0701 e. The average Bonchev–Trinajstić information content (AvgIpc) is 2.93. The Morgan fingerprint density at radius 3 is 2.49 bits per heavy atom. The Morgan fingerprint density at radius 1 is 1.03 bits per heavy atom. The van der Waals surface area contributed by atoms with E-state index in [1.807, 2.05) is 44.5 Å². The Kier molecular flexibility index (Phi) is 17.1. The second kappa shape index (κ2) is 20.6. The van der Waals surface area contributed by atoms with Gasteiger partial charge in [0, 0.05) is 77.1 Å². The van der Waals surface area contributed by atoms with Crippen LogP contribution >= 0.6 is 0 Å². The minimum atomic E-state index is 0.577. The van der Waals surface area contributed by atoms with Gasteiger partial charge < -0.3 is 14.2 Å². The van der Waals surface area contributed by atoms with Gasteiger partial charge in [-0.3, -0.25) is 24.8 Å². The summed E-state index contributed by atoms with van der Waals surface area (Å²) in [5.41, 5.74) is 3.19. The fourth-order valence-electron chi connectivity index (χ4n) is 3.76. The van der Waals surface area contributed by atoms with Gasteiger partial charge in [0.2, 0.25) is 0 Å². The molecule has 0 radical (unpaired) electrons. The maximum absolute atomic E-state index is 5.86. The highest BCUT2D eigenvalue weighted by Crippen LogP contribution is 2.05. The number of dihydropyridines is 1. The molecule has 0 amide bonds.